The molecule has 2 heteroatoms. The van der Waals surface area contributed by atoms with Gasteiger partial charge in [0.25, 0.3) is 0 Å². The molecule has 0 fully saturated rings. The van der Waals surface area contributed by atoms with Gasteiger partial charge in [0.05, 0.1) is 6.10 Å². The molecule has 13 heavy (non-hydrogen) atoms. The van der Waals surface area contributed by atoms with E-state index in [1.54, 1.807) is 18.2 Å². The van der Waals surface area contributed by atoms with E-state index in [1.165, 1.54) is 0 Å². The molecule has 2 nitrogen and oxygen atoms in total. The summed E-state index contributed by atoms with van der Waals surface area (Å²) in [7, 11) is 0. The van der Waals surface area contributed by atoms with E-state index in [4.69, 9.17) is 0 Å². The number of aromatic hydroxyl groups is 1. The molecular formula is C11H12O2. The Balaban J connectivity index is 2.52. The monoisotopic (exact) mass is 176 g/mol. The van der Waals surface area contributed by atoms with Crippen LogP contribution < -0.4 is 0 Å². The van der Waals surface area contributed by atoms with Crippen LogP contribution in [-0.4, -0.2) is 10.2 Å². The van der Waals surface area contributed by atoms with Gasteiger partial charge in [-0.2, -0.15) is 0 Å². The molecule has 1 aromatic carbocycles. The average Bonchev–Trinajstić information content (AvgIpc) is 2.12. The summed E-state index contributed by atoms with van der Waals surface area (Å²) in [6, 6.07) is 5.05. The van der Waals surface area contributed by atoms with Crippen molar-refractivity contribution in [1.29, 1.82) is 0 Å². The average molecular weight is 176 g/mol. The van der Waals surface area contributed by atoms with E-state index in [2.05, 4.69) is 0 Å². The summed E-state index contributed by atoms with van der Waals surface area (Å²) in [4.78, 5) is 0. The lowest BCUT2D eigenvalue weighted by Crippen LogP contribution is -2.11. The predicted octanol–water partition coefficient (Wildman–Crippen LogP) is 2.09. The van der Waals surface area contributed by atoms with E-state index in [0.29, 0.717) is 0 Å². The van der Waals surface area contributed by atoms with Gasteiger partial charge >= 0.3 is 0 Å². The molecule has 2 N–H and O–H groups in total. The zero-order valence-electron chi connectivity index (χ0n) is 7.44. The smallest absolute Gasteiger partial charge is 0.116 e. The van der Waals surface area contributed by atoms with Crippen LogP contribution in [0.3, 0.4) is 0 Å². The quantitative estimate of drug-likeness (QED) is 0.635. The molecule has 2 unspecified atom stereocenters. The molecule has 0 saturated heterocycles. The second kappa shape index (κ2) is 2.89. The summed E-state index contributed by atoms with van der Waals surface area (Å²) >= 11 is 0. The van der Waals surface area contributed by atoms with E-state index < -0.39 is 6.10 Å². The van der Waals surface area contributed by atoms with Crippen LogP contribution in [0.2, 0.25) is 0 Å². The fourth-order valence-electron chi connectivity index (χ4n) is 1.62. The summed E-state index contributed by atoms with van der Waals surface area (Å²) in [6.45, 7) is 1.97. The summed E-state index contributed by atoms with van der Waals surface area (Å²) in [6.07, 6.45) is 3.44. The first-order chi connectivity index (χ1) is 6.18. The Morgan fingerprint density at radius 1 is 1.31 bits per heavy atom. The molecule has 1 aliphatic rings. The van der Waals surface area contributed by atoms with E-state index in [0.717, 1.165) is 11.1 Å². The first-order valence-electron chi connectivity index (χ1n) is 4.37. The van der Waals surface area contributed by atoms with Crippen LogP contribution in [0.4, 0.5) is 0 Å². The third-order valence-corrected chi connectivity index (χ3v) is 2.47. The van der Waals surface area contributed by atoms with Gasteiger partial charge in [-0.25, -0.2) is 0 Å². The van der Waals surface area contributed by atoms with Crippen LogP contribution in [0.25, 0.3) is 6.08 Å². The van der Waals surface area contributed by atoms with Gasteiger partial charge in [-0.05, 0) is 23.3 Å². The van der Waals surface area contributed by atoms with E-state index in [-0.39, 0.29) is 11.7 Å². The standard InChI is InChI=1S/C11H12O2/c1-7-2-3-8-6-9(12)4-5-10(8)11(7)13/h2-7,11-13H,1H3. The van der Waals surface area contributed by atoms with Crippen molar-refractivity contribution in [3.63, 3.8) is 0 Å². The van der Waals surface area contributed by atoms with Crippen LogP contribution in [0.1, 0.15) is 24.2 Å². The molecule has 0 saturated carbocycles. The fourth-order valence-corrected chi connectivity index (χ4v) is 1.62. The number of hydrogen-bond acceptors (Lipinski definition) is 2. The lowest BCUT2D eigenvalue weighted by molar-refractivity contribution is 0.138. The molecule has 0 aromatic heterocycles. The summed E-state index contributed by atoms with van der Waals surface area (Å²) in [5.41, 5.74) is 1.80. The molecule has 1 aromatic rings. The number of aliphatic hydroxyl groups excluding tert-OH is 1. The Kier molecular flexibility index (Phi) is 1.85. The number of rotatable bonds is 0. The Morgan fingerprint density at radius 2 is 2.08 bits per heavy atom. The maximum absolute atomic E-state index is 9.79. The van der Waals surface area contributed by atoms with Gasteiger partial charge in [0.15, 0.2) is 0 Å². The Hall–Kier alpha value is -1.28. The molecular weight excluding hydrogens is 164 g/mol. The van der Waals surface area contributed by atoms with Crippen LogP contribution in [-0.2, 0) is 0 Å². The zero-order valence-corrected chi connectivity index (χ0v) is 7.44. The minimum atomic E-state index is -0.444. The highest BCUT2D eigenvalue weighted by Crippen LogP contribution is 2.33. The second-order valence-electron chi connectivity index (χ2n) is 3.48. The molecule has 0 radical (unpaired) electrons. The van der Waals surface area contributed by atoms with Crippen molar-refractivity contribution in [1.82, 2.24) is 0 Å². The predicted molar refractivity (Wildman–Crippen MR) is 51.3 cm³/mol. The van der Waals surface area contributed by atoms with Crippen molar-refractivity contribution >= 4 is 6.08 Å². The summed E-state index contributed by atoms with van der Waals surface area (Å²) in [5, 5.41) is 19.0. The molecule has 0 bridgehead atoms. The molecule has 2 rings (SSSR count). The third kappa shape index (κ3) is 1.33. The molecule has 0 aliphatic heterocycles. The van der Waals surface area contributed by atoms with E-state index in [9.17, 15) is 10.2 Å². The van der Waals surface area contributed by atoms with E-state index >= 15 is 0 Å². The molecule has 2 atom stereocenters. The van der Waals surface area contributed by atoms with Gasteiger partial charge < -0.3 is 10.2 Å². The maximum Gasteiger partial charge on any atom is 0.116 e. The van der Waals surface area contributed by atoms with Gasteiger partial charge in [0.1, 0.15) is 5.75 Å². The normalized spacial score (nSPS) is 25.7. The molecule has 1 aliphatic carbocycles. The summed E-state index contributed by atoms with van der Waals surface area (Å²) in [5.74, 6) is 0.391. The van der Waals surface area contributed by atoms with Gasteiger partial charge in [-0.3, -0.25) is 0 Å². The highest BCUT2D eigenvalue weighted by Gasteiger charge is 2.20. The van der Waals surface area contributed by atoms with Crippen molar-refractivity contribution < 1.29 is 10.2 Å². The highest BCUT2D eigenvalue weighted by molar-refractivity contribution is 5.59. The molecule has 0 amide bonds. The number of fused-ring (bicyclic) bond motifs is 1. The van der Waals surface area contributed by atoms with Crippen LogP contribution >= 0.6 is 0 Å². The topological polar surface area (TPSA) is 40.5 Å². The molecule has 0 heterocycles. The Morgan fingerprint density at radius 3 is 2.85 bits per heavy atom. The third-order valence-electron chi connectivity index (χ3n) is 2.47. The Labute approximate surface area is 77.1 Å². The number of aliphatic hydroxyl groups is 1. The molecule has 0 spiro atoms. The van der Waals surface area contributed by atoms with Crippen molar-refractivity contribution in [3.8, 4) is 5.75 Å². The minimum absolute atomic E-state index is 0.150. The van der Waals surface area contributed by atoms with Crippen molar-refractivity contribution in [2.75, 3.05) is 0 Å². The number of phenolic OH excluding ortho intramolecular Hbond substituents is 1. The van der Waals surface area contributed by atoms with Crippen LogP contribution in [0, 0.1) is 5.92 Å². The minimum Gasteiger partial charge on any atom is -0.508 e. The zero-order chi connectivity index (χ0) is 9.42. The number of phenols is 1. The lowest BCUT2D eigenvalue weighted by atomic mass is 9.88. The SMILES string of the molecule is CC1C=Cc2cc(O)ccc2C1O. The second-order valence-corrected chi connectivity index (χ2v) is 3.48. The van der Waals surface area contributed by atoms with Crippen molar-refractivity contribution in [3.05, 3.63) is 35.4 Å². The Bertz CT molecular complexity index is 355. The van der Waals surface area contributed by atoms with E-state index in [1.807, 2.05) is 19.1 Å². The first kappa shape index (κ1) is 8.32. The maximum atomic E-state index is 9.79. The molecule has 68 valence electrons. The van der Waals surface area contributed by atoms with Crippen LogP contribution in [0.5, 0.6) is 5.75 Å². The largest absolute Gasteiger partial charge is 0.508 e. The van der Waals surface area contributed by atoms with Gasteiger partial charge in [-0.15, -0.1) is 0 Å². The lowest BCUT2D eigenvalue weighted by Gasteiger charge is -2.22. The summed E-state index contributed by atoms with van der Waals surface area (Å²) < 4.78 is 0. The van der Waals surface area contributed by atoms with Crippen LogP contribution in [0.15, 0.2) is 24.3 Å². The van der Waals surface area contributed by atoms with Gasteiger partial charge in [0, 0.05) is 5.92 Å². The number of benzene rings is 1. The van der Waals surface area contributed by atoms with Gasteiger partial charge in [-0.1, -0.05) is 25.1 Å². The van der Waals surface area contributed by atoms with Gasteiger partial charge in [0.2, 0.25) is 0 Å². The van der Waals surface area contributed by atoms with Crippen molar-refractivity contribution in [2.45, 2.75) is 13.0 Å². The number of hydrogen-bond donors (Lipinski definition) is 2. The first-order valence-corrected chi connectivity index (χ1v) is 4.37. The fraction of sp³-hybridized carbons (Fsp3) is 0.273. The highest BCUT2D eigenvalue weighted by atomic mass is 16.3. The van der Waals surface area contributed by atoms with Crippen molar-refractivity contribution in [2.24, 2.45) is 5.92 Å².